The van der Waals surface area contributed by atoms with Gasteiger partial charge in [-0.25, -0.2) is 4.39 Å². The number of methoxy groups -OCH3 is 1. The summed E-state index contributed by atoms with van der Waals surface area (Å²) in [6.07, 6.45) is 1.76. The molecule has 2 N–H and O–H groups in total. The summed E-state index contributed by atoms with van der Waals surface area (Å²) in [5, 5.41) is 6.67. The molecule has 2 aromatic rings. The Hall–Kier alpha value is -2.76. The monoisotopic (exact) mass is 384 g/mol. The molecule has 1 saturated heterocycles. The molecule has 3 rings (SSSR count). The number of hydrogen-bond donors (Lipinski definition) is 2. The van der Waals surface area contributed by atoms with Gasteiger partial charge in [-0.2, -0.15) is 0 Å². The molecular formula is C22H29FN4O. The minimum absolute atomic E-state index is 0.157. The lowest BCUT2D eigenvalue weighted by Crippen LogP contribution is -2.41. The van der Waals surface area contributed by atoms with E-state index >= 15 is 0 Å². The van der Waals surface area contributed by atoms with Gasteiger partial charge in [0, 0.05) is 45.0 Å². The fourth-order valence-electron chi connectivity index (χ4n) is 3.52. The Morgan fingerprint density at radius 2 is 2.07 bits per heavy atom. The molecule has 0 saturated carbocycles. The molecule has 5 nitrogen and oxygen atoms in total. The van der Waals surface area contributed by atoms with Crippen LogP contribution in [0.1, 0.15) is 12.0 Å². The average molecular weight is 384 g/mol. The first-order valence-corrected chi connectivity index (χ1v) is 9.76. The van der Waals surface area contributed by atoms with Gasteiger partial charge in [-0.05, 0) is 42.5 Å². The Morgan fingerprint density at radius 1 is 1.21 bits per heavy atom. The van der Waals surface area contributed by atoms with Crippen molar-refractivity contribution < 1.29 is 9.13 Å². The van der Waals surface area contributed by atoms with E-state index in [9.17, 15) is 4.39 Å². The average Bonchev–Trinajstić information content (AvgIpc) is 3.21. The Bertz CT molecular complexity index is 796. The molecule has 1 aliphatic rings. The first-order chi connectivity index (χ1) is 13.7. The summed E-state index contributed by atoms with van der Waals surface area (Å²) in [4.78, 5) is 6.67. The van der Waals surface area contributed by atoms with Gasteiger partial charge in [0.2, 0.25) is 0 Å². The molecule has 2 aromatic carbocycles. The van der Waals surface area contributed by atoms with Gasteiger partial charge in [0.25, 0.3) is 0 Å². The molecule has 1 unspecified atom stereocenters. The first kappa shape index (κ1) is 20.0. The Morgan fingerprint density at radius 3 is 2.86 bits per heavy atom. The van der Waals surface area contributed by atoms with Crippen LogP contribution in [-0.2, 0) is 6.42 Å². The largest absolute Gasteiger partial charge is 0.497 e. The summed E-state index contributed by atoms with van der Waals surface area (Å²) in [5.41, 5.74) is 1.92. The number of anilines is 1. The molecule has 6 heteroatoms. The summed E-state index contributed by atoms with van der Waals surface area (Å²) >= 11 is 0. The van der Waals surface area contributed by atoms with Crippen LogP contribution in [0.4, 0.5) is 10.1 Å². The number of nitrogens with zero attached hydrogens (tertiary/aromatic N) is 2. The molecule has 0 amide bonds. The van der Waals surface area contributed by atoms with Crippen LogP contribution in [0.3, 0.4) is 0 Å². The van der Waals surface area contributed by atoms with Crippen molar-refractivity contribution in [2.45, 2.75) is 12.8 Å². The SMILES string of the molecule is CN=C(NCCc1ccccc1F)NCC1CCN(c2cccc(OC)c2)C1. The molecule has 0 aliphatic carbocycles. The van der Waals surface area contributed by atoms with Crippen LogP contribution in [0.5, 0.6) is 5.75 Å². The highest BCUT2D eigenvalue weighted by Crippen LogP contribution is 2.26. The van der Waals surface area contributed by atoms with E-state index in [4.69, 9.17) is 4.74 Å². The highest BCUT2D eigenvalue weighted by atomic mass is 19.1. The van der Waals surface area contributed by atoms with Crippen LogP contribution in [0.15, 0.2) is 53.5 Å². The van der Waals surface area contributed by atoms with Gasteiger partial charge in [-0.3, -0.25) is 4.99 Å². The van der Waals surface area contributed by atoms with Gasteiger partial charge in [0.15, 0.2) is 5.96 Å². The van der Waals surface area contributed by atoms with Gasteiger partial charge in [-0.1, -0.05) is 24.3 Å². The van der Waals surface area contributed by atoms with Crippen LogP contribution in [0.2, 0.25) is 0 Å². The second-order valence-corrected chi connectivity index (χ2v) is 7.02. The van der Waals surface area contributed by atoms with Gasteiger partial charge in [0.1, 0.15) is 11.6 Å². The number of halogens is 1. The van der Waals surface area contributed by atoms with Crippen LogP contribution in [0, 0.1) is 11.7 Å². The third-order valence-electron chi connectivity index (χ3n) is 5.13. The second kappa shape index (κ2) is 9.97. The number of ether oxygens (including phenoxy) is 1. The lowest BCUT2D eigenvalue weighted by Gasteiger charge is -2.20. The van der Waals surface area contributed by atoms with Crippen molar-refractivity contribution in [2.75, 3.05) is 45.2 Å². The highest BCUT2D eigenvalue weighted by Gasteiger charge is 2.23. The molecule has 0 aromatic heterocycles. The quantitative estimate of drug-likeness (QED) is 0.569. The van der Waals surface area contributed by atoms with Gasteiger partial charge >= 0.3 is 0 Å². The second-order valence-electron chi connectivity index (χ2n) is 7.02. The molecule has 0 radical (unpaired) electrons. The molecule has 1 aliphatic heterocycles. The summed E-state index contributed by atoms with van der Waals surface area (Å²) < 4.78 is 19.0. The molecular weight excluding hydrogens is 355 g/mol. The topological polar surface area (TPSA) is 48.9 Å². The third kappa shape index (κ3) is 5.38. The number of guanidine groups is 1. The maximum absolute atomic E-state index is 13.7. The number of nitrogens with one attached hydrogen (secondary N) is 2. The predicted octanol–water partition coefficient (Wildman–Crippen LogP) is 3.07. The van der Waals surface area contributed by atoms with Crippen molar-refractivity contribution in [1.29, 1.82) is 0 Å². The zero-order valence-corrected chi connectivity index (χ0v) is 16.6. The number of benzene rings is 2. The summed E-state index contributed by atoms with van der Waals surface area (Å²) in [6.45, 7) is 3.55. The maximum Gasteiger partial charge on any atom is 0.190 e. The van der Waals surface area contributed by atoms with Crippen LogP contribution in [0.25, 0.3) is 0 Å². The van der Waals surface area contributed by atoms with E-state index in [2.05, 4.69) is 32.7 Å². The summed E-state index contributed by atoms with van der Waals surface area (Å²) in [6, 6.07) is 15.1. The summed E-state index contributed by atoms with van der Waals surface area (Å²) in [7, 11) is 3.45. The fourth-order valence-corrected chi connectivity index (χ4v) is 3.52. The zero-order chi connectivity index (χ0) is 19.8. The van der Waals surface area contributed by atoms with Crippen LogP contribution >= 0.6 is 0 Å². The van der Waals surface area contributed by atoms with E-state index in [0.29, 0.717) is 18.9 Å². The van der Waals surface area contributed by atoms with Gasteiger partial charge in [-0.15, -0.1) is 0 Å². The summed E-state index contributed by atoms with van der Waals surface area (Å²) in [5.74, 6) is 2.04. The van der Waals surface area contributed by atoms with E-state index in [1.807, 2.05) is 24.3 Å². The molecule has 0 spiro atoms. The predicted molar refractivity (Wildman–Crippen MR) is 113 cm³/mol. The van der Waals surface area contributed by atoms with Crippen molar-refractivity contribution in [3.63, 3.8) is 0 Å². The smallest absolute Gasteiger partial charge is 0.190 e. The highest BCUT2D eigenvalue weighted by molar-refractivity contribution is 5.79. The Labute approximate surface area is 166 Å². The normalized spacial score (nSPS) is 16.9. The number of hydrogen-bond acceptors (Lipinski definition) is 3. The number of rotatable bonds is 7. The Balaban J connectivity index is 1.42. The van der Waals surface area contributed by atoms with Crippen molar-refractivity contribution >= 4 is 11.6 Å². The Kier molecular flexibility index (Phi) is 7.12. The van der Waals surface area contributed by atoms with Crippen molar-refractivity contribution in [1.82, 2.24) is 10.6 Å². The van der Waals surface area contributed by atoms with E-state index < -0.39 is 0 Å². The molecule has 150 valence electrons. The lowest BCUT2D eigenvalue weighted by atomic mass is 10.1. The molecule has 0 bridgehead atoms. The van der Waals surface area contributed by atoms with Crippen molar-refractivity contribution in [2.24, 2.45) is 10.9 Å². The first-order valence-electron chi connectivity index (χ1n) is 9.76. The molecule has 1 atom stereocenters. The molecule has 1 heterocycles. The molecule has 1 fully saturated rings. The van der Waals surface area contributed by atoms with Crippen LogP contribution in [-0.4, -0.2) is 46.3 Å². The van der Waals surface area contributed by atoms with Gasteiger partial charge < -0.3 is 20.3 Å². The minimum atomic E-state index is -0.157. The number of aliphatic imine (C=N–C) groups is 1. The molecule has 28 heavy (non-hydrogen) atoms. The minimum Gasteiger partial charge on any atom is -0.497 e. The lowest BCUT2D eigenvalue weighted by molar-refractivity contribution is 0.415. The van der Waals surface area contributed by atoms with Crippen molar-refractivity contribution in [3.8, 4) is 5.75 Å². The van der Waals surface area contributed by atoms with Gasteiger partial charge in [0.05, 0.1) is 7.11 Å². The zero-order valence-electron chi connectivity index (χ0n) is 16.6. The van der Waals surface area contributed by atoms with E-state index in [1.54, 1.807) is 20.2 Å². The van der Waals surface area contributed by atoms with Crippen molar-refractivity contribution in [3.05, 3.63) is 59.9 Å². The fraction of sp³-hybridized carbons (Fsp3) is 0.409. The van der Waals surface area contributed by atoms with E-state index in [1.165, 1.54) is 11.8 Å². The van der Waals surface area contributed by atoms with E-state index in [-0.39, 0.29) is 5.82 Å². The van der Waals surface area contributed by atoms with E-state index in [0.717, 1.165) is 43.3 Å². The van der Waals surface area contributed by atoms with Crippen LogP contribution < -0.4 is 20.3 Å². The maximum atomic E-state index is 13.7. The standard InChI is InChI=1S/C22H29FN4O/c1-24-22(25-12-10-18-6-3-4-9-21(18)23)26-15-17-11-13-27(16-17)19-7-5-8-20(14-19)28-2/h3-9,14,17H,10-13,15-16H2,1-2H3,(H2,24,25,26). The third-order valence-corrected chi connectivity index (χ3v) is 5.13.